The lowest BCUT2D eigenvalue weighted by Gasteiger charge is -2.52. The standard InChI is InChI=1S/C26H30O2/c1-25-14-12-22-21-10-8-20(27)17-19(21)7-9-23(22)24(25)13-16-26(25,28)15-11-18-5-3-2-4-6-18/h2-6,8,10-11,15,17,22-24,27-28H,7,9,12-14,16H2,1H3/b15-11+/t22-,23-,24+,25+,26+/m1/s1. The van der Waals surface area contributed by atoms with E-state index in [-0.39, 0.29) is 5.41 Å². The lowest BCUT2D eigenvalue weighted by atomic mass is 9.53. The highest BCUT2D eigenvalue weighted by Crippen LogP contribution is 2.64. The SMILES string of the molecule is C[C@]12CC[C@@H]3c4ccc(O)cc4CC[C@H]3[C@@H]1CC[C@@]2(O)/C=C/c1ccccc1. The molecule has 0 heterocycles. The summed E-state index contributed by atoms with van der Waals surface area (Å²) >= 11 is 0. The maximum atomic E-state index is 11.7. The normalized spacial score (nSPS) is 36.7. The number of phenolic OH excluding ortho intramolecular Hbond substituents is 1. The predicted octanol–water partition coefficient (Wildman–Crippen LogP) is 5.69. The second-order valence-electron chi connectivity index (χ2n) is 9.46. The van der Waals surface area contributed by atoms with Crippen molar-refractivity contribution < 1.29 is 10.2 Å². The first-order chi connectivity index (χ1) is 13.5. The Morgan fingerprint density at radius 2 is 1.82 bits per heavy atom. The number of fused-ring (bicyclic) bond motifs is 5. The molecule has 146 valence electrons. The van der Waals surface area contributed by atoms with E-state index in [4.69, 9.17) is 0 Å². The Hall–Kier alpha value is -2.06. The van der Waals surface area contributed by atoms with Crippen LogP contribution in [0.1, 0.15) is 61.6 Å². The fraction of sp³-hybridized carbons (Fsp3) is 0.462. The summed E-state index contributed by atoms with van der Waals surface area (Å²) in [5.41, 5.74) is 3.18. The highest BCUT2D eigenvalue weighted by Gasteiger charge is 2.60. The molecule has 2 fully saturated rings. The van der Waals surface area contributed by atoms with Crippen LogP contribution in [-0.2, 0) is 6.42 Å². The number of hydrogen-bond acceptors (Lipinski definition) is 2. The van der Waals surface area contributed by atoms with E-state index in [1.807, 2.05) is 30.3 Å². The van der Waals surface area contributed by atoms with Crippen molar-refractivity contribution in [1.29, 1.82) is 0 Å². The van der Waals surface area contributed by atoms with Crippen molar-refractivity contribution in [3.8, 4) is 5.75 Å². The molecule has 2 heteroatoms. The Balaban J connectivity index is 1.44. The van der Waals surface area contributed by atoms with E-state index < -0.39 is 5.60 Å². The molecule has 0 aromatic heterocycles. The van der Waals surface area contributed by atoms with Gasteiger partial charge in [0.25, 0.3) is 0 Å². The van der Waals surface area contributed by atoms with Crippen molar-refractivity contribution in [3.63, 3.8) is 0 Å². The van der Waals surface area contributed by atoms with Crippen LogP contribution in [0.4, 0.5) is 0 Å². The van der Waals surface area contributed by atoms with Crippen LogP contribution in [-0.4, -0.2) is 15.8 Å². The number of phenols is 1. The summed E-state index contributed by atoms with van der Waals surface area (Å²) in [5.74, 6) is 2.19. The molecule has 0 radical (unpaired) electrons. The van der Waals surface area contributed by atoms with Gasteiger partial charge in [0.2, 0.25) is 0 Å². The van der Waals surface area contributed by atoms with Crippen molar-refractivity contribution in [3.05, 3.63) is 71.3 Å². The maximum Gasteiger partial charge on any atom is 0.115 e. The Morgan fingerprint density at radius 1 is 1.00 bits per heavy atom. The molecule has 2 nitrogen and oxygen atoms in total. The van der Waals surface area contributed by atoms with E-state index in [1.54, 1.807) is 0 Å². The van der Waals surface area contributed by atoms with Crippen molar-refractivity contribution in [2.24, 2.45) is 17.3 Å². The van der Waals surface area contributed by atoms with Gasteiger partial charge in [0, 0.05) is 5.41 Å². The van der Waals surface area contributed by atoms with Gasteiger partial charge in [0.05, 0.1) is 5.60 Å². The number of aliphatic hydroxyl groups is 1. The molecule has 2 saturated carbocycles. The molecule has 3 aliphatic carbocycles. The van der Waals surface area contributed by atoms with Gasteiger partial charge in [0.15, 0.2) is 0 Å². The van der Waals surface area contributed by atoms with Crippen LogP contribution in [0, 0.1) is 17.3 Å². The Kier molecular flexibility index (Phi) is 4.17. The van der Waals surface area contributed by atoms with E-state index >= 15 is 0 Å². The van der Waals surface area contributed by atoms with Gasteiger partial charge in [-0.1, -0.05) is 55.5 Å². The second-order valence-corrected chi connectivity index (χ2v) is 9.46. The summed E-state index contributed by atoms with van der Waals surface area (Å²) in [5, 5.41) is 21.6. The Morgan fingerprint density at radius 3 is 2.64 bits per heavy atom. The first kappa shape index (κ1) is 18.0. The van der Waals surface area contributed by atoms with Gasteiger partial charge in [-0.05, 0) is 85.1 Å². The average molecular weight is 375 g/mol. The van der Waals surface area contributed by atoms with Crippen LogP contribution in [0.15, 0.2) is 54.6 Å². The van der Waals surface area contributed by atoms with Crippen LogP contribution in [0.5, 0.6) is 5.75 Å². The van der Waals surface area contributed by atoms with Crippen LogP contribution < -0.4 is 0 Å². The molecule has 5 atom stereocenters. The summed E-state index contributed by atoms with van der Waals surface area (Å²) in [6.07, 6.45) is 10.6. The van der Waals surface area contributed by atoms with Gasteiger partial charge in [-0.25, -0.2) is 0 Å². The zero-order chi connectivity index (χ0) is 19.4. The first-order valence-electron chi connectivity index (χ1n) is 10.8. The third-order valence-electron chi connectivity index (χ3n) is 8.28. The van der Waals surface area contributed by atoms with Crippen LogP contribution >= 0.6 is 0 Å². The van der Waals surface area contributed by atoms with Gasteiger partial charge in [-0.2, -0.15) is 0 Å². The summed E-state index contributed by atoms with van der Waals surface area (Å²) in [6, 6.07) is 16.3. The van der Waals surface area contributed by atoms with Gasteiger partial charge in [-0.15, -0.1) is 0 Å². The molecular weight excluding hydrogens is 344 g/mol. The monoisotopic (exact) mass is 374 g/mol. The minimum absolute atomic E-state index is 0.0477. The lowest BCUT2D eigenvalue weighted by molar-refractivity contribution is -0.0705. The molecule has 0 spiro atoms. The molecular formula is C26H30O2. The molecule has 0 saturated heterocycles. The highest BCUT2D eigenvalue weighted by molar-refractivity contribution is 5.51. The Bertz CT molecular complexity index is 902. The van der Waals surface area contributed by atoms with E-state index in [0.717, 1.165) is 37.7 Å². The maximum absolute atomic E-state index is 11.7. The van der Waals surface area contributed by atoms with Gasteiger partial charge in [-0.3, -0.25) is 0 Å². The Labute approximate surface area is 167 Å². The minimum atomic E-state index is -0.715. The molecule has 0 bridgehead atoms. The van der Waals surface area contributed by atoms with E-state index in [2.05, 4.69) is 37.3 Å². The molecule has 0 unspecified atom stereocenters. The number of hydrogen-bond donors (Lipinski definition) is 2. The largest absolute Gasteiger partial charge is 0.508 e. The lowest BCUT2D eigenvalue weighted by Crippen LogP contribution is -2.49. The van der Waals surface area contributed by atoms with E-state index in [1.165, 1.54) is 17.5 Å². The molecule has 2 aromatic rings. The zero-order valence-electron chi connectivity index (χ0n) is 16.6. The van der Waals surface area contributed by atoms with Crippen molar-refractivity contribution in [2.45, 2.75) is 57.0 Å². The molecule has 2 aromatic carbocycles. The fourth-order valence-electron chi connectivity index (χ4n) is 6.69. The van der Waals surface area contributed by atoms with Crippen LogP contribution in [0.25, 0.3) is 6.08 Å². The number of aryl methyl sites for hydroxylation is 1. The third kappa shape index (κ3) is 2.65. The first-order valence-corrected chi connectivity index (χ1v) is 10.8. The summed E-state index contributed by atoms with van der Waals surface area (Å²) < 4.78 is 0. The van der Waals surface area contributed by atoms with E-state index in [9.17, 15) is 10.2 Å². The number of benzene rings is 2. The summed E-state index contributed by atoms with van der Waals surface area (Å²) in [4.78, 5) is 0. The summed E-state index contributed by atoms with van der Waals surface area (Å²) in [6.45, 7) is 2.34. The molecule has 0 aliphatic heterocycles. The second kappa shape index (κ2) is 6.49. The van der Waals surface area contributed by atoms with Crippen molar-refractivity contribution >= 4 is 6.08 Å². The number of rotatable bonds is 2. The molecule has 0 amide bonds. The van der Waals surface area contributed by atoms with Gasteiger partial charge >= 0.3 is 0 Å². The van der Waals surface area contributed by atoms with Gasteiger partial charge in [0.1, 0.15) is 5.75 Å². The third-order valence-corrected chi connectivity index (χ3v) is 8.28. The zero-order valence-corrected chi connectivity index (χ0v) is 16.6. The smallest absolute Gasteiger partial charge is 0.115 e. The van der Waals surface area contributed by atoms with E-state index in [0.29, 0.717) is 23.5 Å². The molecule has 28 heavy (non-hydrogen) atoms. The molecule has 5 rings (SSSR count). The minimum Gasteiger partial charge on any atom is -0.508 e. The van der Waals surface area contributed by atoms with Gasteiger partial charge < -0.3 is 10.2 Å². The topological polar surface area (TPSA) is 40.5 Å². The quantitative estimate of drug-likeness (QED) is 0.708. The predicted molar refractivity (Wildman–Crippen MR) is 113 cm³/mol. The van der Waals surface area contributed by atoms with Crippen molar-refractivity contribution in [1.82, 2.24) is 0 Å². The highest BCUT2D eigenvalue weighted by atomic mass is 16.3. The van der Waals surface area contributed by atoms with Crippen LogP contribution in [0.3, 0.4) is 0 Å². The average Bonchev–Trinajstić information content (AvgIpc) is 2.98. The fourth-order valence-corrected chi connectivity index (χ4v) is 6.69. The number of aromatic hydroxyl groups is 1. The molecule has 3 aliphatic rings. The summed E-state index contributed by atoms with van der Waals surface area (Å²) in [7, 11) is 0. The van der Waals surface area contributed by atoms with Crippen molar-refractivity contribution in [2.75, 3.05) is 0 Å². The molecule has 2 N–H and O–H groups in total. The van der Waals surface area contributed by atoms with Crippen LogP contribution in [0.2, 0.25) is 0 Å².